The Bertz CT molecular complexity index is 551. The zero-order valence-corrected chi connectivity index (χ0v) is 9.76. The second-order valence-corrected chi connectivity index (χ2v) is 3.90. The molecule has 1 aromatic carbocycles. The van der Waals surface area contributed by atoms with E-state index in [1.165, 1.54) is 12.1 Å². The molecule has 0 saturated carbocycles. The monoisotopic (exact) mass is 249 g/mol. The minimum Gasteiger partial charge on any atom is -0.478 e. The molecule has 0 saturated heterocycles. The van der Waals surface area contributed by atoms with E-state index >= 15 is 0 Å². The van der Waals surface area contributed by atoms with Crippen LogP contribution in [0.3, 0.4) is 0 Å². The zero-order chi connectivity index (χ0) is 13.1. The van der Waals surface area contributed by atoms with Crippen molar-refractivity contribution in [2.45, 2.75) is 6.54 Å². The van der Waals surface area contributed by atoms with Gasteiger partial charge in [-0.3, -0.25) is 0 Å². The van der Waals surface area contributed by atoms with Crippen LogP contribution in [0, 0.1) is 5.82 Å². The van der Waals surface area contributed by atoms with E-state index in [2.05, 4.69) is 0 Å². The van der Waals surface area contributed by atoms with E-state index in [0.29, 0.717) is 12.2 Å². The smallest absolute Gasteiger partial charge is 0.338 e. The fourth-order valence-electron chi connectivity index (χ4n) is 1.64. The van der Waals surface area contributed by atoms with Gasteiger partial charge in [0.25, 0.3) is 0 Å². The molecule has 0 amide bonds. The molecule has 0 spiro atoms. The summed E-state index contributed by atoms with van der Waals surface area (Å²) in [6.07, 6.45) is 1.57. The van der Waals surface area contributed by atoms with Crippen LogP contribution in [-0.4, -0.2) is 18.1 Å². The zero-order valence-electron chi connectivity index (χ0n) is 9.76. The molecule has 2 rings (SSSR count). The summed E-state index contributed by atoms with van der Waals surface area (Å²) in [4.78, 5) is 12.5. The second-order valence-electron chi connectivity index (χ2n) is 3.90. The van der Waals surface area contributed by atoms with Crippen LogP contribution in [0.4, 0.5) is 10.1 Å². The summed E-state index contributed by atoms with van der Waals surface area (Å²) in [5.74, 6) is -1.26. The van der Waals surface area contributed by atoms with Crippen molar-refractivity contribution in [1.29, 1.82) is 0 Å². The van der Waals surface area contributed by atoms with Crippen LogP contribution in [0.15, 0.2) is 41.0 Å². The Morgan fingerprint density at radius 2 is 2.22 bits per heavy atom. The number of benzene rings is 1. The first-order chi connectivity index (χ1) is 8.58. The van der Waals surface area contributed by atoms with Crippen molar-refractivity contribution in [1.82, 2.24) is 0 Å². The van der Waals surface area contributed by atoms with Gasteiger partial charge in [-0.2, -0.15) is 0 Å². The molecule has 1 aromatic heterocycles. The summed E-state index contributed by atoms with van der Waals surface area (Å²) in [5, 5.41) is 8.73. The van der Waals surface area contributed by atoms with E-state index in [1.807, 2.05) is 6.07 Å². The summed E-state index contributed by atoms with van der Waals surface area (Å²) in [6.45, 7) is 0.485. The molecule has 0 atom stereocenters. The van der Waals surface area contributed by atoms with Crippen molar-refractivity contribution < 1.29 is 18.7 Å². The number of aromatic carboxylic acids is 1. The van der Waals surface area contributed by atoms with Gasteiger partial charge in [-0.25, -0.2) is 9.18 Å². The molecule has 0 fully saturated rings. The van der Waals surface area contributed by atoms with E-state index in [1.54, 1.807) is 30.3 Å². The van der Waals surface area contributed by atoms with Crippen LogP contribution < -0.4 is 4.90 Å². The molecule has 4 nitrogen and oxygen atoms in total. The highest BCUT2D eigenvalue weighted by Crippen LogP contribution is 2.19. The van der Waals surface area contributed by atoms with Crippen LogP contribution in [0.25, 0.3) is 0 Å². The van der Waals surface area contributed by atoms with E-state index < -0.39 is 11.8 Å². The van der Waals surface area contributed by atoms with Gasteiger partial charge in [0.2, 0.25) is 0 Å². The van der Waals surface area contributed by atoms with Gasteiger partial charge < -0.3 is 14.4 Å². The second kappa shape index (κ2) is 4.91. The maximum atomic E-state index is 13.5. The minimum absolute atomic E-state index is 0.329. The molecule has 18 heavy (non-hydrogen) atoms. The predicted octanol–water partition coefficient (Wildman–Crippen LogP) is 2.75. The first-order valence-electron chi connectivity index (χ1n) is 5.34. The number of rotatable bonds is 4. The van der Waals surface area contributed by atoms with Gasteiger partial charge in [-0.05, 0) is 30.3 Å². The number of anilines is 1. The standard InChI is InChI=1S/C13H12FNO3/c1-15(8-10-3-2-6-18-10)9-4-5-11(13(16)17)12(14)7-9/h2-7H,8H2,1H3,(H,16,17). The van der Waals surface area contributed by atoms with Crippen molar-refractivity contribution in [2.75, 3.05) is 11.9 Å². The summed E-state index contributed by atoms with van der Waals surface area (Å²) < 4.78 is 18.7. The molecule has 1 N–H and O–H groups in total. The number of hydrogen-bond donors (Lipinski definition) is 1. The molecule has 0 aliphatic carbocycles. The fourth-order valence-corrected chi connectivity index (χ4v) is 1.64. The largest absolute Gasteiger partial charge is 0.478 e. The Kier molecular flexibility index (Phi) is 3.32. The Morgan fingerprint density at radius 3 is 2.78 bits per heavy atom. The Hall–Kier alpha value is -2.30. The van der Waals surface area contributed by atoms with Crippen molar-refractivity contribution in [3.8, 4) is 0 Å². The van der Waals surface area contributed by atoms with Crippen molar-refractivity contribution in [2.24, 2.45) is 0 Å². The number of carboxylic acid groups (broad SMARTS) is 1. The highest BCUT2D eigenvalue weighted by Gasteiger charge is 2.12. The maximum absolute atomic E-state index is 13.5. The van der Waals surface area contributed by atoms with Crippen LogP contribution in [0.2, 0.25) is 0 Å². The van der Waals surface area contributed by atoms with E-state index in [-0.39, 0.29) is 5.56 Å². The third-order valence-electron chi connectivity index (χ3n) is 2.60. The summed E-state index contributed by atoms with van der Waals surface area (Å²) in [7, 11) is 1.78. The van der Waals surface area contributed by atoms with Crippen molar-refractivity contribution >= 4 is 11.7 Å². The number of carbonyl (C=O) groups is 1. The minimum atomic E-state index is -1.27. The van der Waals surface area contributed by atoms with Crippen LogP contribution in [0.5, 0.6) is 0 Å². The molecule has 1 heterocycles. The first-order valence-corrected chi connectivity index (χ1v) is 5.34. The Balaban J connectivity index is 2.18. The highest BCUT2D eigenvalue weighted by molar-refractivity contribution is 5.88. The van der Waals surface area contributed by atoms with E-state index in [0.717, 1.165) is 5.76 Å². The summed E-state index contributed by atoms with van der Waals surface area (Å²) in [6, 6.07) is 7.61. The number of hydrogen-bond acceptors (Lipinski definition) is 3. The van der Waals surface area contributed by atoms with E-state index in [4.69, 9.17) is 9.52 Å². The number of furan rings is 1. The fraction of sp³-hybridized carbons (Fsp3) is 0.154. The maximum Gasteiger partial charge on any atom is 0.338 e. The molecule has 0 bridgehead atoms. The van der Waals surface area contributed by atoms with Gasteiger partial charge in [0, 0.05) is 12.7 Å². The van der Waals surface area contributed by atoms with Crippen molar-refractivity contribution in [3.63, 3.8) is 0 Å². The average Bonchev–Trinajstić information content (AvgIpc) is 2.81. The lowest BCUT2D eigenvalue weighted by atomic mass is 10.2. The molecule has 0 aliphatic rings. The SMILES string of the molecule is CN(Cc1ccco1)c1ccc(C(=O)O)c(F)c1. The van der Waals surface area contributed by atoms with Gasteiger partial charge >= 0.3 is 5.97 Å². The lowest BCUT2D eigenvalue weighted by Crippen LogP contribution is -2.16. The van der Waals surface area contributed by atoms with Gasteiger partial charge in [-0.15, -0.1) is 0 Å². The van der Waals surface area contributed by atoms with Crippen LogP contribution in [0.1, 0.15) is 16.1 Å². The lowest BCUT2D eigenvalue weighted by Gasteiger charge is -2.18. The molecular formula is C13H12FNO3. The van der Waals surface area contributed by atoms with Gasteiger partial charge in [0.05, 0.1) is 18.4 Å². The highest BCUT2D eigenvalue weighted by atomic mass is 19.1. The van der Waals surface area contributed by atoms with Gasteiger partial charge in [-0.1, -0.05) is 0 Å². The molecular weight excluding hydrogens is 237 g/mol. The molecule has 0 unspecified atom stereocenters. The number of nitrogens with zero attached hydrogens (tertiary/aromatic N) is 1. The summed E-state index contributed by atoms with van der Waals surface area (Å²) >= 11 is 0. The Morgan fingerprint density at radius 1 is 1.44 bits per heavy atom. The lowest BCUT2D eigenvalue weighted by molar-refractivity contribution is 0.0692. The first kappa shape index (κ1) is 12.2. The normalized spacial score (nSPS) is 10.3. The van der Waals surface area contributed by atoms with Crippen LogP contribution in [-0.2, 0) is 6.54 Å². The molecule has 0 aliphatic heterocycles. The predicted molar refractivity (Wildman–Crippen MR) is 64.2 cm³/mol. The number of carboxylic acids is 1. The molecule has 94 valence electrons. The van der Waals surface area contributed by atoms with Crippen LogP contribution >= 0.6 is 0 Å². The molecule has 2 aromatic rings. The quantitative estimate of drug-likeness (QED) is 0.905. The van der Waals surface area contributed by atoms with Crippen molar-refractivity contribution in [3.05, 3.63) is 53.7 Å². The third kappa shape index (κ3) is 2.51. The van der Waals surface area contributed by atoms with E-state index in [9.17, 15) is 9.18 Å². The molecule has 0 radical (unpaired) electrons. The topological polar surface area (TPSA) is 53.7 Å². The number of halogens is 1. The van der Waals surface area contributed by atoms with Gasteiger partial charge in [0.1, 0.15) is 11.6 Å². The summed E-state index contributed by atoms with van der Waals surface area (Å²) in [5.41, 5.74) is 0.263. The molecule has 5 heteroatoms. The average molecular weight is 249 g/mol. The van der Waals surface area contributed by atoms with Gasteiger partial charge in [0.15, 0.2) is 0 Å². The third-order valence-corrected chi connectivity index (χ3v) is 2.60. The Labute approximate surface area is 103 Å².